The molecule has 1 amide bonds. The van der Waals surface area contributed by atoms with Crippen molar-refractivity contribution in [1.29, 1.82) is 0 Å². The SMILES string of the molecule is O=C(Nc1ccn(Cc2ccccn2)n1)[C@@H]1C[C@H]2CC[C@H]1C2. The first kappa shape index (κ1) is 13.5. The third kappa shape index (κ3) is 2.63. The van der Waals surface area contributed by atoms with Gasteiger partial charge in [0.25, 0.3) is 0 Å². The summed E-state index contributed by atoms with van der Waals surface area (Å²) in [5, 5.41) is 7.41. The molecule has 0 unspecified atom stereocenters. The molecule has 2 aromatic rings. The molecule has 22 heavy (non-hydrogen) atoms. The van der Waals surface area contributed by atoms with Crippen LogP contribution < -0.4 is 5.32 Å². The average Bonchev–Trinajstić information content (AvgIpc) is 3.25. The van der Waals surface area contributed by atoms with Crippen molar-refractivity contribution >= 4 is 11.7 Å². The number of amides is 1. The molecule has 5 heteroatoms. The van der Waals surface area contributed by atoms with Gasteiger partial charge in [-0.25, -0.2) is 0 Å². The topological polar surface area (TPSA) is 59.8 Å². The van der Waals surface area contributed by atoms with E-state index in [1.807, 2.05) is 30.5 Å². The van der Waals surface area contributed by atoms with Crippen molar-refractivity contribution in [3.8, 4) is 0 Å². The van der Waals surface area contributed by atoms with E-state index < -0.39 is 0 Å². The lowest BCUT2D eigenvalue weighted by molar-refractivity contribution is -0.121. The molecule has 2 heterocycles. The molecule has 2 saturated carbocycles. The summed E-state index contributed by atoms with van der Waals surface area (Å²) >= 11 is 0. The Morgan fingerprint density at radius 2 is 2.23 bits per heavy atom. The van der Waals surface area contributed by atoms with Gasteiger partial charge in [0.1, 0.15) is 0 Å². The Morgan fingerprint density at radius 1 is 1.27 bits per heavy atom. The molecular weight excluding hydrogens is 276 g/mol. The van der Waals surface area contributed by atoms with Crippen molar-refractivity contribution in [3.63, 3.8) is 0 Å². The van der Waals surface area contributed by atoms with Crippen molar-refractivity contribution < 1.29 is 4.79 Å². The van der Waals surface area contributed by atoms with Gasteiger partial charge in [-0.1, -0.05) is 12.5 Å². The quantitative estimate of drug-likeness (QED) is 0.943. The largest absolute Gasteiger partial charge is 0.309 e. The highest BCUT2D eigenvalue weighted by atomic mass is 16.2. The van der Waals surface area contributed by atoms with Crippen LogP contribution in [0.3, 0.4) is 0 Å². The van der Waals surface area contributed by atoms with Crippen molar-refractivity contribution in [1.82, 2.24) is 14.8 Å². The Morgan fingerprint density at radius 3 is 2.95 bits per heavy atom. The number of rotatable bonds is 4. The summed E-state index contributed by atoms with van der Waals surface area (Å²) in [5.41, 5.74) is 0.955. The number of nitrogens with one attached hydrogen (secondary N) is 1. The maximum atomic E-state index is 12.4. The Hall–Kier alpha value is -2.17. The summed E-state index contributed by atoms with van der Waals surface area (Å²) in [5.74, 6) is 2.36. The second-order valence-electron chi connectivity index (χ2n) is 6.49. The van der Waals surface area contributed by atoms with Crippen molar-refractivity contribution in [2.75, 3.05) is 5.32 Å². The summed E-state index contributed by atoms with van der Waals surface area (Å²) in [4.78, 5) is 16.7. The summed E-state index contributed by atoms with van der Waals surface area (Å²) in [6, 6.07) is 7.68. The minimum absolute atomic E-state index is 0.148. The lowest BCUT2D eigenvalue weighted by atomic mass is 9.88. The molecule has 2 aromatic heterocycles. The van der Waals surface area contributed by atoms with Crippen LogP contribution in [0.4, 0.5) is 5.82 Å². The van der Waals surface area contributed by atoms with Gasteiger partial charge < -0.3 is 5.32 Å². The zero-order valence-corrected chi connectivity index (χ0v) is 12.5. The van der Waals surface area contributed by atoms with Crippen LogP contribution in [-0.2, 0) is 11.3 Å². The zero-order chi connectivity index (χ0) is 14.9. The first-order valence-electron chi connectivity index (χ1n) is 8.02. The van der Waals surface area contributed by atoms with Gasteiger partial charge >= 0.3 is 0 Å². The molecule has 1 N–H and O–H groups in total. The maximum Gasteiger partial charge on any atom is 0.228 e. The first-order chi connectivity index (χ1) is 10.8. The molecule has 0 aliphatic heterocycles. The molecule has 0 spiro atoms. The van der Waals surface area contributed by atoms with Crippen LogP contribution in [0.5, 0.6) is 0 Å². The number of nitrogens with zero attached hydrogens (tertiary/aromatic N) is 3. The van der Waals surface area contributed by atoms with E-state index in [-0.39, 0.29) is 11.8 Å². The molecule has 2 aliphatic rings. The molecule has 0 aromatic carbocycles. The van der Waals surface area contributed by atoms with Crippen LogP contribution in [-0.4, -0.2) is 20.7 Å². The number of anilines is 1. The number of carbonyl (C=O) groups is 1. The number of aromatic nitrogens is 3. The van der Waals surface area contributed by atoms with Gasteiger partial charge in [-0.15, -0.1) is 0 Å². The smallest absolute Gasteiger partial charge is 0.228 e. The van der Waals surface area contributed by atoms with E-state index in [1.165, 1.54) is 19.3 Å². The molecular formula is C17H20N4O. The Kier molecular flexibility index (Phi) is 3.41. The second-order valence-corrected chi connectivity index (χ2v) is 6.49. The van der Waals surface area contributed by atoms with Crippen LogP contribution in [0.2, 0.25) is 0 Å². The highest BCUT2D eigenvalue weighted by Crippen LogP contribution is 2.48. The summed E-state index contributed by atoms with van der Waals surface area (Å²) in [6.45, 7) is 0.616. The van der Waals surface area contributed by atoms with Crippen molar-refractivity contribution in [2.24, 2.45) is 17.8 Å². The molecule has 0 radical (unpaired) electrons. The third-order valence-electron chi connectivity index (χ3n) is 5.02. The number of hydrogen-bond acceptors (Lipinski definition) is 3. The van der Waals surface area contributed by atoms with Crippen molar-refractivity contribution in [2.45, 2.75) is 32.2 Å². The molecule has 0 saturated heterocycles. The molecule has 2 aliphatic carbocycles. The van der Waals surface area contributed by atoms with E-state index in [4.69, 9.17) is 0 Å². The number of fused-ring (bicyclic) bond motifs is 2. The normalized spacial score (nSPS) is 26.3. The predicted octanol–water partition coefficient (Wildman–Crippen LogP) is 2.70. The standard InChI is InChI=1S/C17H20N4O/c22-17(15-10-12-4-5-13(15)9-12)19-16-6-8-21(20-16)11-14-3-1-2-7-18-14/h1-3,6-8,12-13,15H,4-5,9-11H2,(H,19,20,22)/t12-,13-,15+/m0/s1. The van der Waals surface area contributed by atoms with Crippen LogP contribution in [0.15, 0.2) is 36.7 Å². The second kappa shape index (κ2) is 5.55. The highest BCUT2D eigenvalue weighted by molar-refractivity contribution is 5.92. The van der Waals surface area contributed by atoms with Crippen LogP contribution in [0.25, 0.3) is 0 Å². The lowest BCUT2D eigenvalue weighted by Gasteiger charge is -2.20. The van der Waals surface area contributed by atoms with Gasteiger partial charge in [-0.3, -0.25) is 14.5 Å². The van der Waals surface area contributed by atoms with Crippen LogP contribution in [0, 0.1) is 17.8 Å². The molecule has 114 valence electrons. The molecule has 4 rings (SSSR count). The van der Waals surface area contributed by atoms with E-state index in [2.05, 4.69) is 15.4 Å². The van der Waals surface area contributed by atoms with Crippen LogP contribution >= 0.6 is 0 Å². The third-order valence-corrected chi connectivity index (χ3v) is 5.02. The number of carbonyl (C=O) groups excluding carboxylic acids is 1. The first-order valence-corrected chi connectivity index (χ1v) is 8.02. The Bertz CT molecular complexity index is 666. The van der Waals surface area contributed by atoms with Crippen LogP contribution in [0.1, 0.15) is 31.4 Å². The van der Waals surface area contributed by atoms with Gasteiger partial charge in [0, 0.05) is 24.4 Å². The molecule has 2 fully saturated rings. The van der Waals surface area contributed by atoms with E-state index in [0.717, 1.165) is 18.0 Å². The maximum absolute atomic E-state index is 12.4. The van der Waals surface area contributed by atoms with E-state index >= 15 is 0 Å². The fourth-order valence-corrected chi connectivity index (χ4v) is 3.96. The van der Waals surface area contributed by atoms with Gasteiger partial charge in [-0.2, -0.15) is 5.10 Å². The lowest BCUT2D eigenvalue weighted by Crippen LogP contribution is -2.27. The molecule has 3 atom stereocenters. The summed E-state index contributed by atoms with van der Waals surface area (Å²) in [7, 11) is 0. The minimum atomic E-state index is 0.148. The number of pyridine rings is 1. The van der Waals surface area contributed by atoms with E-state index in [9.17, 15) is 4.79 Å². The monoisotopic (exact) mass is 296 g/mol. The highest BCUT2D eigenvalue weighted by Gasteiger charge is 2.43. The van der Waals surface area contributed by atoms with Gasteiger partial charge in [0.2, 0.25) is 5.91 Å². The molecule has 5 nitrogen and oxygen atoms in total. The zero-order valence-electron chi connectivity index (χ0n) is 12.5. The van der Waals surface area contributed by atoms with Gasteiger partial charge in [0.15, 0.2) is 5.82 Å². The van der Waals surface area contributed by atoms with Crippen molar-refractivity contribution in [3.05, 3.63) is 42.4 Å². The average molecular weight is 296 g/mol. The predicted molar refractivity (Wildman–Crippen MR) is 83.1 cm³/mol. The number of hydrogen-bond donors (Lipinski definition) is 1. The summed E-state index contributed by atoms with van der Waals surface area (Å²) < 4.78 is 1.80. The fraction of sp³-hybridized carbons (Fsp3) is 0.471. The van der Waals surface area contributed by atoms with Gasteiger partial charge in [0.05, 0.1) is 12.2 Å². The van der Waals surface area contributed by atoms with Gasteiger partial charge in [-0.05, 0) is 43.2 Å². The summed E-state index contributed by atoms with van der Waals surface area (Å²) in [6.07, 6.45) is 8.49. The fourth-order valence-electron chi connectivity index (χ4n) is 3.96. The molecule has 2 bridgehead atoms. The Balaban J connectivity index is 1.38. The Labute approximate surface area is 129 Å². The minimum Gasteiger partial charge on any atom is -0.309 e. The van der Waals surface area contributed by atoms with E-state index in [1.54, 1.807) is 10.9 Å². The van der Waals surface area contributed by atoms with E-state index in [0.29, 0.717) is 18.3 Å².